The van der Waals surface area contributed by atoms with Crippen molar-refractivity contribution in [2.24, 2.45) is 0 Å². The van der Waals surface area contributed by atoms with Crippen LogP contribution in [0.3, 0.4) is 0 Å². The molecule has 0 saturated carbocycles. The van der Waals surface area contributed by atoms with Crippen molar-refractivity contribution in [1.82, 2.24) is 9.78 Å². The van der Waals surface area contributed by atoms with Crippen LogP contribution >= 0.6 is 15.9 Å². The van der Waals surface area contributed by atoms with Crippen LogP contribution in [-0.2, 0) is 11.3 Å². The van der Waals surface area contributed by atoms with E-state index in [0.29, 0.717) is 17.1 Å². The molecule has 1 heterocycles. The predicted octanol–water partition coefficient (Wildman–Crippen LogP) is 1.88. The van der Waals surface area contributed by atoms with Crippen LogP contribution in [0.5, 0.6) is 5.75 Å². The van der Waals surface area contributed by atoms with Gasteiger partial charge in [0.05, 0.1) is 24.7 Å². The molecule has 0 aliphatic carbocycles. The number of halogens is 1. The van der Waals surface area contributed by atoms with Gasteiger partial charge < -0.3 is 15.8 Å². The molecular formula is C12H13BrN4O2. The molecule has 0 spiro atoms. The summed E-state index contributed by atoms with van der Waals surface area (Å²) in [5.41, 5.74) is 6.65. The fourth-order valence-electron chi connectivity index (χ4n) is 1.58. The van der Waals surface area contributed by atoms with Gasteiger partial charge in [-0.2, -0.15) is 5.10 Å². The fraction of sp³-hybridized carbons (Fsp3) is 0.167. The van der Waals surface area contributed by atoms with Gasteiger partial charge in [0.2, 0.25) is 5.91 Å². The zero-order chi connectivity index (χ0) is 13.8. The molecule has 1 aromatic heterocycles. The molecule has 100 valence electrons. The molecule has 2 rings (SSSR count). The highest BCUT2D eigenvalue weighted by Crippen LogP contribution is 2.27. The number of hydrogen-bond donors (Lipinski definition) is 2. The van der Waals surface area contributed by atoms with E-state index in [0.717, 1.165) is 4.47 Å². The van der Waals surface area contributed by atoms with Crippen LogP contribution in [0.25, 0.3) is 0 Å². The van der Waals surface area contributed by atoms with Crippen LogP contribution in [0.1, 0.15) is 0 Å². The number of hydrogen-bond acceptors (Lipinski definition) is 4. The van der Waals surface area contributed by atoms with Crippen molar-refractivity contribution in [2.45, 2.75) is 6.54 Å². The molecule has 0 saturated heterocycles. The van der Waals surface area contributed by atoms with Gasteiger partial charge in [0, 0.05) is 10.7 Å². The van der Waals surface area contributed by atoms with Gasteiger partial charge in [0.15, 0.2) is 0 Å². The Morgan fingerprint density at radius 2 is 2.37 bits per heavy atom. The van der Waals surface area contributed by atoms with E-state index in [9.17, 15) is 4.79 Å². The van der Waals surface area contributed by atoms with Gasteiger partial charge in [-0.15, -0.1) is 0 Å². The van der Waals surface area contributed by atoms with Crippen LogP contribution in [0.2, 0.25) is 0 Å². The summed E-state index contributed by atoms with van der Waals surface area (Å²) in [5, 5.41) is 6.71. The zero-order valence-corrected chi connectivity index (χ0v) is 11.8. The minimum absolute atomic E-state index is 0.0901. The fourth-order valence-corrected chi connectivity index (χ4v) is 1.94. The number of ether oxygens (including phenoxy) is 1. The third-order valence-electron chi connectivity index (χ3n) is 2.39. The molecule has 2 aromatic rings. The van der Waals surface area contributed by atoms with Gasteiger partial charge in [-0.25, -0.2) is 0 Å². The second-order valence-electron chi connectivity index (χ2n) is 3.86. The van der Waals surface area contributed by atoms with Crippen molar-refractivity contribution < 1.29 is 9.53 Å². The van der Waals surface area contributed by atoms with Gasteiger partial charge in [-0.05, 0) is 18.2 Å². The highest BCUT2D eigenvalue weighted by atomic mass is 79.9. The maximum Gasteiger partial charge on any atom is 0.246 e. The number of benzene rings is 1. The summed E-state index contributed by atoms with van der Waals surface area (Å²) >= 11 is 3.34. The van der Waals surface area contributed by atoms with E-state index in [1.807, 2.05) is 6.07 Å². The molecule has 0 atom stereocenters. The molecule has 0 bridgehead atoms. The standard InChI is InChI=1S/C12H13BrN4O2/c1-19-11-3-2-8(13)4-10(11)16-12(18)7-17-6-9(14)5-15-17/h2-6H,7,14H2,1H3,(H,16,18). The lowest BCUT2D eigenvalue weighted by Crippen LogP contribution is -2.19. The van der Waals surface area contributed by atoms with Crippen LogP contribution < -0.4 is 15.8 Å². The SMILES string of the molecule is COc1ccc(Br)cc1NC(=O)Cn1cc(N)cn1. The largest absolute Gasteiger partial charge is 0.495 e. The number of carbonyl (C=O) groups is 1. The molecule has 6 nitrogen and oxygen atoms in total. The molecule has 0 unspecified atom stereocenters. The number of nitrogens with two attached hydrogens (primary N) is 1. The number of amides is 1. The van der Waals surface area contributed by atoms with Crippen molar-refractivity contribution in [2.75, 3.05) is 18.2 Å². The lowest BCUT2D eigenvalue weighted by Gasteiger charge is -2.10. The van der Waals surface area contributed by atoms with Crippen LogP contribution in [0.15, 0.2) is 35.1 Å². The van der Waals surface area contributed by atoms with Gasteiger partial charge in [-0.3, -0.25) is 9.48 Å². The monoisotopic (exact) mass is 324 g/mol. The molecule has 1 aromatic carbocycles. The van der Waals surface area contributed by atoms with E-state index in [1.165, 1.54) is 10.9 Å². The number of methoxy groups -OCH3 is 1. The number of nitrogen functional groups attached to an aromatic ring is 1. The Morgan fingerprint density at radius 1 is 1.58 bits per heavy atom. The van der Waals surface area contributed by atoms with Crippen LogP contribution in [0, 0.1) is 0 Å². The molecule has 0 radical (unpaired) electrons. The Hall–Kier alpha value is -2.02. The first-order valence-corrected chi connectivity index (χ1v) is 6.29. The molecule has 0 fully saturated rings. The van der Waals surface area contributed by atoms with E-state index in [1.54, 1.807) is 25.4 Å². The first kappa shape index (κ1) is 13.4. The normalized spacial score (nSPS) is 10.2. The molecule has 0 aliphatic heterocycles. The molecular weight excluding hydrogens is 312 g/mol. The lowest BCUT2D eigenvalue weighted by molar-refractivity contribution is -0.116. The van der Waals surface area contributed by atoms with E-state index in [4.69, 9.17) is 10.5 Å². The van der Waals surface area contributed by atoms with Gasteiger partial charge in [0.1, 0.15) is 12.3 Å². The summed E-state index contributed by atoms with van der Waals surface area (Å²) in [5.74, 6) is 0.385. The van der Waals surface area contributed by atoms with E-state index in [-0.39, 0.29) is 12.5 Å². The number of aromatic nitrogens is 2. The molecule has 19 heavy (non-hydrogen) atoms. The maximum absolute atomic E-state index is 11.9. The number of rotatable bonds is 4. The summed E-state index contributed by atoms with van der Waals surface area (Å²) in [6, 6.07) is 5.38. The van der Waals surface area contributed by atoms with E-state index >= 15 is 0 Å². The number of nitrogens with one attached hydrogen (secondary N) is 1. The van der Waals surface area contributed by atoms with Gasteiger partial charge >= 0.3 is 0 Å². The Kier molecular flexibility index (Phi) is 4.06. The predicted molar refractivity (Wildman–Crippen MR) is 76.0 cm³/mol. The summed E-state index contributed by atoms with van der Waals surface area (Å²) < 4.78 is 7.50. The Labute approximate surface area is 118 Å². The van der Waals surface area contributed by atoms with Gasteiger partial charge in [0.25, 0.3) is 0 Å². The van der Waals surface area contributed by atoms with Crippen molar-refractivity contribution in [3.05, 3.63) is 35.1 Å². The van der Waals surface area contributed by atoms with Crippen LogP contribution in [-0.4, -0.2) is 22.8 Å². The average molecular weight is 325 g/mol. The third kappa shape index (κ3) is 3.47. The Morgan fingerprint density at radius 3 is 3.00 bits per heavy atom. The first-order valence-electron chi connectivity index (χ1n) is 5.50. The van der Waals surface area contributed by atoms with Crippen molar-refractivity contribution >= 4 is 33.2 Å². The Bertz CT molecular complexity index is 597. The van der Waals surface area contributed by atoms with Crippen LogP contribution in [0.4, 0.5) is 11.4 Å². The smallest absolute Gasteiger partial charge is 0.246 e. The quantitative estimate of drug-likeness (QED) is 0.899. The topological polar surface area (TPSA) is 82.2 Å². The number of carbonyl (C=O) groups excluding carboxylic acids is 1. The zero-order valence-electron chi connectivity index (χ0n) is 10.3. The van der Waals surface area contributed by atoms with Gasteiger partial charge in [-0.1, -0.05) is 15.9 Å². The summed E-state index contributed by atoms with van der Waals surface area (Å²) in [6.07, 6.45) is 3.09. The average Bonchev–Trinajstić information content (AvgIpc) is 2.75. The molecule has 7 heteroatoms. The van der Waals surface area contributed by atoms with Crippen molar-refractivity contribution in [3.63, 3.8) is 0 Å². The summed E-state index contributed by atoms with van der Waals surface area (Å²) in [7, 11) is 1.55. The molecule has 3 N–H and O–H groups in total. The highest BCUT2D eigenvalue weighted by molar-refractivity contribution is 9.10. The molecule has 0 aliphatic rings. The van der Waals surface area contributed by atoms with Crippen molar-refractivity contribution in [3.8, 4) is 5.75 Å². The molecule has 1 amide bonds. The minimum Gasteiger partial charge on any atom is -0.495 e. The summed E-state index contributed by atoms with van der Waals surface area (Å²) in [6.45, 7) is 0.0901. The van der Waals surface area contributed by atoms with E-state index in [2.05, 4.69) is 26.3 Å². The highest BCUT2D eigenvalue weighted by Gasteiger charge is 2.09. The first-order chi connectivity index (χ1) is 9.08. The third-order valence-corrected chi connectivity index (χ3v) is 2.89. The minimum atomic E-state index is -0.209. The maximum atomic E-state index is 11.9. The van der Waals surface area contributed by atoms with Crippen molar-refractivity contribution in [1.29, 1.82) is 0 Å². The second kappa shape index (κ2) is 5.75. The second-order valence-corrected chi connectivity index (χ2v) is 4.78. The summed E-state index contributed by atoms with van der Waals surface area (Å²) in [4.78, 5) is 11.9. The number of nitrogens with zero attached hydrogens (tertiary/aromatic N) is 2. The lowest BCUT2D eigenvalue weighted by atomic mass is 10.3. The van der Waals surface area contributed by atoms with E-state index < -0.39 is 0 Å². The Balaban J connectivity index is 2.08. The number of anilines is 2.